The van der Waals surface area contributed by atoms with Gasteiger partial charge in [-0.3, -0.25) is 18.7 Å². The summed E-state index contributed by atoms with van der Waals surface area (Å²) in [6.07, 6.45) is 1.63. The Morgan fingerprint density at radius 1 is 1.11 bits per heavy atom. The first-order valence-electron chi connectivity index (χ1n) is 10.6. The lowest BCUT2D eigenvalue weighted by Crippen LogP contribution is -2.22. The summed E-state index contributed by atoms with van der Waals surface area (Å²) in [5.74, 6) is -0.158. The summed E-state index contributed by atoms with van der Waals surface area (Å²) in [5, 5.41) is 5.51. The molecule has 176 valence electrons. The van der Waals surface area contributed by atoms with Crippen LogP contribution in [-0.4, -0.2) is 30.8 Å². The number of nitrogens with one attached hydrogen (secondary N) is 1. The van der Waals surface area contributed by atoms with E-state index in [1.807, 2.05) is 66.9 Å². The summed E-state index contributed by atoms with van der Waals surface area (Å²) in [5.41, 5.74) is 3.93. The topological polar surface area (TPSA) is 81.8 Å². The summed E-state index contributed by atoms with van der Waals surface area (Å²) in [6, 6.07) is 15.5. The van der Waals surface area contributed by atoms with Crippen LogP contribution in [0.15, 0.2) is 70.1 Å². The van der Waals surface area contributed by atoms with E-state index in [2.05, 4.69) is 10.3 Å². The van der Waals surface area contributed by atoms with Gasteiger partial charge in [0.05, 0.1) is 17.1 Å². The number of carbonyl (C=O) groups is 1. The van der Waals surface area contributed by atoms with Crippen LogP contribution in [0.3, 0.4) is 0 Å². The Morgan fingerprint density at radius 3 is 2.60 bits per heavy atom. The molecule has 0 saturated carbocycles. The maximum absolute atomic E-state index is 13.8. The van der Waals surface area contributed by atoms with Gasteiger partial charge in [0.1, 0.15) is 4.70 Å². The molecule has 2 aromatic carbocycles. The van der Waals surface area contributed by atoms with Gasteiger partial charge in [-0.15, -0.1) is 11.3 Å². The lowest BCUT2D eigenvalue weighted by Gasteiger charge is -2.13. The number of aromatic nitrogens is 4. The van der Waals surface area contributed by atoms with E-state index < -0.39 is 0 Å². The average molecular weight is 538 g/mol. The van der Waals surface area contributed by atoms with Crippen molar-refractivity contribution in [2.45, 2.75) is 19.0 Å². The molecular formula is C24H19N5O2S4. The third kappa shape index (κ3) is 4.72. The second-order valence-corrected chi connectivity index (χ2v) is 11.2. The number of carbonyl (C=O) groups excluding carboxylic acids is 1. The molecule has 0 saturated heterocycles. The molecule has 11 heteroatoms. The zero-order valence-electron chi connectivity index (χ0n) is 18.7. The van der Waals surface area contributed by atoms with E-state index >= 15 is 0 Å². The Balaban J connectivity index is 1.65. The van der Waals surface area contributed by atoms with Crippen LogP contribution in [0, 0.1) is 17.8 Å². The largest absolute Gasteiger partial charge is 0.301 e. The maximum atomic E-state index is 13.8. The Hall–Kier alpha value is -3.12. The van der Waals surface area contributed by atoms with E-state index in [0.717, 1.165) is 16.8 Å². The molecule has 0 aliphatic rings. The van der Waals surface area contributed by atoms with E-state index in [4.69, 9.17) is 17.2 Å². The molecule has 0 aliphatic carbocycles. The number of thiazole rings is 2. The normalized spacial score (nSPS) is 11.1. The number of aryl methyl sites for hydroxylation is 2. The van der Waals surface area contributed by atoms with Gasteiger partial charge in [-0.1, -0.05) is 59.0 Å². The number of thioether (sulfide) groups is 1. The molecule has 0 fully saturated rings. The summed E-state index contributed by atoms with van der Waals surface area (Å²) in [6.45, 7) is 3.98. The Labute approximate surface area is 218 Å². The highest BCUT2D eigenvalue weighted by atomic mass is 32.2. The fraction of sp³-hybridized carbons (Fsp3) is 0.125. The molecule has 0 bridgehead atoms. The number of anilines is 1. The smallest absolute Gasteiger partial charge is 0.278 e. The fourth-order valence-corrected chi connectivity index (χ4v) is 6.19. The number of benzene rings is 2. The highest BCUT2D eigenvalue weighted by molar-refractivity contribution is 7.99. The lowest BCUT2D eigenvalue weighted by molar-refractivity contribution is -0.113. The van der Waals surface area contributed by atoms with Gasteiger partial charge < -0.3 is 5.32 Å². The van der Waals surface area contributed by atoms with Crippen molar-refractivity contribution >= 4 is 68.0 Å². The molecule has 7 nitrogen and oxygen atoms in total. The quantitative estimate of drug-likeness (QED) is 0.168. The Kier molecular flexibility index (Phi) is 6.65. The first-order valence-corrected chi connectivity index (χ1v) is 13.6. The molecule has 3 heterocycles. The summed E-state index contributed by atoms with van der Waals surface area (Å²) in [4.78, 5) is 35.3. The second kappa shape index (κ2) is 9.86. The number of nitrogens with zero attached hydrogens (tertiary/aromatic N) is 4. The fourth-order valence-electron chi connectivity index (χ4n) is 3.55. The number of para-hydroxylation sites is 1. The molecule has 5 rings (SSSR count). The minimum atomic E-state index is -0.226. The zero-order valence-corrected chi connectivity index (χ0v) is 22.0. The molecule has 1 amide bonds. The highest BCUT2D eigenvalue weighted by Gasteiger charge is 2.20. The third-order valence-corrected chi connectivity index (χ3v) is 8.21. The molecule has 0 radical (unpaired) electrons. The van der Waals surface area contributed by atoms with Crippen molar-refractivity contribution in [3.8, 4) is 11.4 Å². The van der Waals surface area contributed by atoms with Crippen molar-refractivity contribution in [2.24, 2.45) is 0 Å². The van der Waals surface area contributed by atoms with Gasteiger partial charge in [-0.05, 0) is 49.8 Å². The van der Waals surface area contributed by atoms with Gasteiger partial charge in [-0.2, -0.15) is 0 Å². The molecule has 35 heavy (non-hydrogen) atoms. The Morgan fingerprint density at radius 2 is 1.89 bits per heavy atom. The first-order chi connectivity index (χ1) is 16.9. The van der Waals surface area contributed by atoms with Crippen molar-refractivity contribution in [1.29, 1.82) is 0 Å². The number of amides is 1. The molecule has 0 unspecified atom stereocenters. The minimum Gasteiger partial charge on any atom is -0.301 e. The van der Waals surface area contributed by atoms with Crippen LogP contribution >= 0.6 is 46.7 Å². The zero-order chi connectivity index (χ0) is 24.5. The summed E-state index contributed by atoms with van der Waals surface area (Å²) >= 11 is 9.45. The molecule has 5 aromatic rings. The number of hydrogen-bond acceptors (Lipinski definition) is 8. The first kappa shape index (κ1) is 23.6. The molecule has 0 atom stereocenters. The van der Waals surface area contributed by atoms with E-state index in [1.54, 1.807) is 16.1 Å². The Bertz CT molecular complexity index is 1650. The van der Waals surface area contributed by atoms with Crippen molar-refractivity contribution < 1.29 is 4.79 Å². The predicted octanol–water partition coefficient (Wildman–Crippen LogP) is 5.77. The summed E-state index contributed by atoms with van der Waals surface area (Å²) in [7, 11) is 0. The van der Waals surface area contributed by atoms with Gasteiger partial charge in [0, 0.05) is 11.6 Å². The number of rotatable bonds is 6. The molecular weight excluding hydrogens is 519 g/mol. The van der Waals surface area contributed by atoms with Gasteiger partial charge in [0.25, 0.3) is 5.56 Å². The maximum Gasteiger partial charge on any atom is 0.278 e. The minimum absolute atomic E-state index is 0.0681. The highest BCUT2D eigenvalue weighted by Crippen LogP contribution is 2.28. The van der Waals surface area contributed by atoms with Crippen LogP contribution in [0.25, 0.3) is 21.7 Å². The molecule has 1 N–H and O–H groups in total. The monoisotopic (exact) mass is 537 g/mol. The average Bonchev–Trinajstić information content (AvgIpc) is 3.46. The van der Waals surface area contributed by atoms with Gasteiger partial charge in [0.2, 0.25) is 5.91 Å². The molecule has 0 aliphatic heterocycles. The molecule has 0 spiro atoms. The second-order valence-electron chi connectivity index (χ2n) is 7.69. The SMILES string of the molecule is Cc1ccc(-n2c(SCC(=O)Nc3nccs3)nc3c(sc(=S)n3-c3ccccc3C)c2=O)cc1. The van der Waals surface area contributed by atoms with Crippen molar-refractivity contribution in [2.75, 3.05) is 11.1 Å². The van der Waals surface area contributed by atoms with Crippen molar-refractivity contribution in [1.82, 2.24) is 19.1 Å². The van der Waals surface area contributed by atoms with Crippen LogP contribution in [0.1, 0.15) is 11.1 Å². The van der Waals surface area contributed by atoms with Crippen LogP contribution in [0.5, 0.6) is 0 Å². The number of fused-ring (bicyclic) bond motifs is 1. The van der Waals surface area contributed by atoms with Crippen LogP contribution in [0.4, 0.5) is 5.13 Å². The van der Waals surface area contributed by atoms with E-state index in [1.165, 1.54) is 34.4 Å². The van der Waals surface area contributed by atoms with Gasteiger partial charge in [-0.25, -0.2) is 9.97 Å². The number of hydrogen-bond donors (Lipinski definition) is 1. The third-order valence-electron chi connectivity index (χ3n) is 5.24. The van der Waals surface area contributed by atoms with Crippen molar-refractivity contribution in [3.63, 3.8) is 0 Å². The van der Waals surface area contributed by atoms with E-state index in [0.29, 0.717) is 30.3 Å². The molecule has 3 aromatic heterocycles. The van der Waals surface area contributed by atoms with E-state index in [9.17, 15) is 9.59 Å². The van der Waals surface area contributed by atoms with E-state index in [-0.39, 0.29) is 17.2 Å². The van der Waals surface area contributed by atoms with Crippen LogP contribution in [0.2, 0.25) is 0 Å². The predicted molar refractivity (Wildman–Crippen MR) is 146 cm³/mol. The van der Waals surface area contributed by atoms with Crippen LogP contribution in [-0.2, 0) is 4.79 Å². The van der Waals surface area contributed by atoms with Gasteiger partial charge in [0.15, 0.2) is 19.9 Å². The van der Waals surface area contributed by atoms with Crippen LogP contribution < -0.4 is 10.9 Å². The standard InChI is InChI=1S/C24H19N5O2S4/c1-14-7-9-16(10-8-14)28-21(31)19-20(29(24(32)35-19)17-6-4-3-5-15(17)2)27-23(28)34-13-18(30)26-22-25-11-12-33-22/h3-12H,13H2,1-2H3,(H,25,26,30). The summed E-state index contributed by atoms with van der Waals surface area (Å²) < 4.78 is 4.40. The lowest BCUT2D eigenvalue weighted by atomic mass is 10.2. The van der Waals surface area contributed by atoms with Gasteiger partial charge >= 0.3 is 0 Å². The van der Waals surface area contributed by atoms with Crippen molar-refractivity contribution in [3.05, 3.63) is 85.5 Å².